The van der Waals surface area contributed by atoms with Crippen LogP contribution in [-0.4, -0.2) is 23.1 Å². The number of aromatic nitrogens is 1. The van der Waals surface area contributed by atoms with E-state index in [9.17, 15) is 9.59 Å². The third kappa shape index (κ3) is 3.38. The highest BCUT2D eigenvalue weighted by Crippen LogP contribution is 2.41. The summed E-state index contributed by atoms with van der Waals surface area (Å²) in [5, 5.41) is 6.80. The van der Waals surface area contributed by atoms with Crippen LogP contribution in [0.4, 0.5) is 5.69 Å². The molecule has 1 N–H and O–H groups in total. The van der Waals surface area contributed by atoms with Gasteiger partial charge in [-0.15, -0.1) is 0 Å². The van der Waals surface area contributed by atoms with Gasteiger partial charge in [-0.05, 0) is 44.0 Å². The maximum Gasteiger partial charge on any atom is 0.211 e. The van der Waals surface area contributed by atoms with Crippen molar-refractivity contribution >= 4 is 23.6 Å². The summed E-state index contributed by atoms with van der Waals surface area (Å²) >= 11 is 0. The molecule has 0 fully saturated rings. The Labute approximate surface area is 168 Å². The highest BCUT2D eigenvalue weighted by atomic mass is 16.5. The van der Waals surface area contributed by atoms with Gasteiger partial charge in [0.1, 0.15) is 11.8 Å². The van der Waals surface area contributed by atoms with E-state index in [1.807, 2.05) is 56.3 Å². The molecule has 3 aromatic rings. The lowest BCUT2D eigenvalue weighted by molar-refractivity contribution is -0.117. The molecule has 0 saturated heterocycles. The molecule has 6 nitrogen and oxygen atoms in total. The van der Waals surface area contributed by atoms with Crippen LogP contribution in [0.3, 0.4) is 0 Å². The third-order valence-electron chi connectivity index (χ3n) is 5.12. The van der Waals surface area contributed by atoms with Gasteiger partial charge in [0.25, 0.3) is 0 Å². The van der Waals surface area contributed by atoms with Crippen molar-refractivity contribution in [1.82, 2.24) is 5.16 Å². The summed E-state index contributed by atoms with van der Waals surface area (Å²) < 4.78 is 5.65. The second-order valence-electron chi connectivity index (χ2n) is 7.24. The summed E-state index contributed by atoms with van der Waals surface area (Å²) in [5.74, 6) is 0.658. The predicted octanol–water partition coefficient (Wildman–Crippen LogP) is 4.40. The van der Waals surface area contributed by atoms with Crippen molar-refractivity contribution in [2.24, 2.45) is 4.99 Å². The number of anilines is 1. The van der Waals surface area contributed by atoms with Crippen LogP contribution in [0.1, 0.15) is 47.5 Å². The SMILES string of the molecule is CC(=O)C[C@@H]1N=C(c2ccc(NC=O)cc2)c2c(C)cccc2-c2c(C)noc21. The average Bonchev–Trinajstić information content (AvgIpc) is 3.01. The Balaban J connectivity index is 1.97. The zero-order valence-electron chi connectivity index (χ0n) is 16.5. The third-order valence-corrected chi connectivity index (χ3v) is 5.12. The van der Waals surface area contributed by atoms with E-state index >= 15 is 0 Å². The molecule has 1 atom stereocenters. The van der Waals surface area contributed by atoms with Gasteiger partial charge in [-0.2, -0.15) is 0 Å². The topological polar surface area (TPSA) is 84.6 Å². The molecular formula is C23H21N3O3. The number of ketones is 1. The van der Waals surface area contributed by atoms with Crippen LogP contribution in [0, 0.1) is 13.8 Å². The lowest BCUT2D eigenvalue weighted by Gasteiger charge is -2.14. The summed E-state index contributed by atoms with van der Waals surface area (Å²) in [6, 6.07) is 13.2. The van der Waals surface area contributed by atoms with E-state index in [1.54, 1.807) is 6.92 Å². The van der Waals surface area contributed by atoms with E-state index in [0.717, 1.165) is 39.2 Å². The highest BCUT2D eigenvalue weighted by molar-refractivity contribution is 6.18. The zero-order valence-corrected chi connectivity index (χ0v) is 16.5. The van der Waals surface area contributed by atoms with Crippen LogP contribution in [0.25, 0.3) is 11.1 Å². The molecule has 1 amide bonds. The van der Waals surface area contributed by atoms with Crippen LogP contribution < -0.4 is 5.32 Å². The van der Waals surface area contributed by atoms with Crippen LogP contribution in [-0.2, 0) is 9.59 Å². The molecule has 1 aromatic heterocycles. The normalized spacial score (nSPS) is 15.0. The molecule has 1 aliphatic rings. The first kappa shape index (κ1) is 18.8. The van der Waals surface area contributed by atoms with Gasteiger partial charge in [0.2, 0.25) is 6.41 Å². The van der Waals surface area contributed by atoms with E-state index in [0.29, 0.717) is 17.9 Å². The van der Waals surface area contributed by atoms with Gasteiger partial charge in [0.05, 0.1) is 17.0 Å². The molecule has 6 heteroatoms. The fourth-order valence-electron chi connectivity index (χ4n) is 3.83. The fraction of sp³-hybridized carbons (Fsp3) is 0.217. The number of nitrogens with one attached hydrogen (secondary N) is 1. The average molecular weight is 387 g/mol. The molecule has 0 unspecified atom stereocenters. The zero-order chi connectivity index (χ0) is 20.5. The molecule has 0 aliphatic carbocycles. The first-order chi connectivity index (χ1) is 14.0. The van der Waals surface area contributed by atoms with Gasteiger partial charge in [-0.25, -0.2) is 0 Å². The van der Waals surface area contributed by atoms with E-state index in [-0.39, 0.29) is 12.2 Å². The van der Waals surface area contributed by atoms with Gasteiger partial charge >= 0.3 is 0 Å². The first-order valence-corrected chi connectivity index (χ1v) is 9.44. The van der Waals surface area contributed by atoms with Crippen LogP contribution in [0.2, 0.25) is 0 Å². The molecule has 2 heterocycles. The van der Waals surface area contributed by atoms with E-state index in [2.05, 4.69) is 10.5 Å². The molecule has 0 radical (unpaired) electrons. The summed E-state index contributed by atoms with van der Waals surface area (Å²) in [4.78, 5) is 27.7. The second kappa shape index (κ2) is 7.47. The Morgan fingerprint density at radius 1 is 1.14 bits per heavy atom. The number of carbonyl (C=O) groups is 2. The maximum absolute atomic E-state index is 12.0. The highest BCUT2D eigenvalue weighted by Gasteiger charge is 2.31. The lowest BCUT2D eigenvalue weighted by Crippen LogP contribution is -2.09. The largest absolute Gasteiger partial charge is 0.358 e. The van der Waals surface area contributed by atoms with Gasteiger partial charge in [0, 0.05) is 23.2 Å². The Morgan fingerprint density at radius 2 is 1.90 bits per heavy atom. The van der Waals surface area contributed by atoms with Crippen molar-refractivity contribution in [2.75, 3.05) is 5.32 Å². The molecule has 146 valence electrons. The second-order valence-corrected chi connectivity index (χ2v) is 7.24. The monoisotopic (exact) mass is 387 g/mol. The molecule has 0 spiro atoms. The minimum absolute atomic E-state index is 0.0336. The Hall–Kier alpha value is -3.54. The minimum atomic E-state index is -0.446. The molecule has 0 bridgehead atoms. The number of Topliss-reactive ketones (excluding diaryl/α,β-unsaturated/α-hetero) is 1. The number of hydrogen-bond acceptors (Lipinski definition) is 5. The Bertz CT molecular complexity index is 1130. The van der Waals surface area contributed by atoms with Crippen molar-refractivity contribution in [3.05, 3.63) is 70.6 Å². The van der Waals surface area contributed by atoms with E-state index in [4.69, 9.17) is 9.52 Å². The van der Waals surface area contributed by atoms with Crippen LogP contribution in [0.15, 0.2) is 52.0 Å². The number of fused-ring (bicyclic) bond motifs is 3. The van der Waals surface area contributed by atoms with Crippen molar-refractivity contribution in [3.63, 3.8) is 0 Å². The van der Waals surface area contributed by atoms with Crippen molar-refractivity contribution in [2.45, 2.75) is 33.2 Å². The molecule has 0 saturated carbocycles. The summed E-state index contributed by atoms with van der Waals surface area (Å²) in [6.45, 7) is 5.51. The number of aliphatic imine (C=N–C) groups is 1. The number of aryl methyl sites for hydroxylation is 2. The maximum atomic E-state index is 12.0. The van der Waals surface area contributed by atoms with Crippen LogP contribution in [0.5, 0.6) is 0 Å². The number of nitrogens with zero attached hydrogens (tertiary/aromatic N) is 2. The number of benzene rings is 2. The van der Waals surface area contributed by atoms with Gasteiger partial charge in [-0.3, -0.25) is 14.6 Å². The smallest absolute Gasteiger partial charge is 0.211 e. The van der Waals surface area contributed by atoms with Crippen molar-refractivity contribution in [3.8, 4) is 11.1 Å². The Morgan fingerprint density at radius 3 is 2.59 bits per heavy atom. The summed E-state index contributed by atoms with van der Waals surface area (Å²) in [7, 11) is 0. The quantitative estimate of drug-likeness (QED) is 0.658. The summed E-state index contributed by atoms with van der Waals surface area (Å²) in [6.07, 6.45) is 0.886. The van der Waals surface area contributed by atoms with E-state index < -0.39 is 6.04 Å². The van der Waals surface area contributed by atoms with Crippen LogP contribution >= 0.6 is 0 Å². The lowest BCUT2D eigenvalue weighted by atomic mass is 9.89. The molecule has 29 heavy (non-hydrogen) atoms. The molecule has 1 aliphatic heterocycles. The number of rotatable bonds is 5. The number of amides is 1. The Kier molecular flexibility index (Phi) is 4.84. The minimum Gasteiger partial charge on any atom is -0.358 e. The van der Waals surface area contributed by atoms with Gasteiger partial charge in [-0.1, -0.05) is 35.5 Å². The van der Waals surface area contributed by atoms with Gasteiger partial charge in [0.15, 0.2) is 5.76 Å². The molecule has 2 aromatic carbocycles. The molecular weight excluding hydrogens is 366 g/mol. The number of carbonyl (C=O) groups excluding carboxylic acids is 2. The summed E-state index contributed by atoms with van der Waals surface area (Å²) in [5.41, 5.74) is 7.17. The van der Waals surface area contributed by atoms with Crippen molar-refractivity contribution < 1.29 is 14.1 Å². The fourth-order valence-corrected chi connectivity index (χ4v) is 3.83. The van der Waals surface area contributed by atoms with Gasteiger partial charge < -0.3 is 9.84 Å². The molecule has 4 rings (SSSR count). The standard InChI is InChI=1S/C23H21N3O3/c1-13-5-4-6-18-20(13)22(16-7-9-17(10-8-16)24-12-27)25-19(11-14(2)28)23-21(18)15(3)26-29-23/h4-10,12,19H,11H2,1-3H3,(H,24,27)/t19-/m0/s1. The predicted molar refractivity (Wildman–Crippen MR) is 111 cm³/mol. The number of hydrogen-bond donors (Lipinski definition) is 1. The van der Waals surface area contributed by atoms with Crippen molar-refractivity contribution in [1.29, 1.82) is 0 Å². The first-order valence-electron chi connectivity index (χ1n) is 9.44. The van der Waals surface area contributed by atoms with E-state index in [1.165, 1.54) is 0 Å².